The fourth-order valence-electron chi connectivity index (χ4n) is 1.70. The van der Waals surface area contributed by atoms with Gasteiger partial charge in [0.15, 0.2) is 9.84 Å². The lowest BCUT2D eigenvalue weighted by Gasteiger charge is -2.16. The summed E-state index contributed by atoms with van der Waals surface area (Å²) in [4.78, 5) is 0.328. The normalized spacial score (nSPS) is 13.8. The second-order valence-corrected chi connectivity index (χ2v) is 6.96. The number of aliphatic hydroxyl groups excluding tert-OH is 1. The molecule has 4 nitrogen and oxygen atoms in total. The first-order valence-corrected chi connectivity index (χ1v) is 7.66. The van der Waals surface area contributed by atoms with Crippen molar-refractivity contribution in [2.75, 3.05) is 13.2 Å². The Labute approximate surface area is 109 Å². The number of nitrogens with one attached hydrogen (secondary N) is 1. The molecule has 102 valence electrons. The topological polar surface area (TPSA) is 66.4 Å². The first kappa shape index (κ1) is 15.1. The van der Waals surface area contributed by atoms with Gasteiger partial charge >= 0.3 is 0 Å². The fourth-order valence-corrected chi connectivity index (χ4v) is 2.76. The standard InChI is InChI=1S/C13H21NO3S/c1-4-14-13(9-15)11-5-7-12(8-6-11)18(16,17)10(2)3/h5-8,10,13-15H,4,9H2,1-3H3. The highest BCUT2D eigenvalue weighted by Gasteiger charge is 2.19. The van der Waals surface area contributed by atoms with E-state index in [0.717, 1.165) is 12.1 Å². The summed E-state index contributed by atoms with van der Waals surface area (Å²) in [5.41, 5.74) is 0.891. The summed E-state index contributed by atoms with van der Waals surface area (Å²) in [7, 11) is -3.22. The highest BCUT2D eigenvalue weighted by molar-refractivity contribution is 7.92. The van der Waals surface area contributed by atoms with Crippen LogP contribution in [0.2, 0.25) is 0 Å². The highest BCUT2D eigenvalue weighted by Crippen LogP contribution is 2.19. The highest BCUT2D eigenvalue weighted by atomic mass is 32.2. The van der Waals surface area contributed by atoms with Gasteiger partial charge in [-0.1, -0.05) is 19.1 Å². The van der Waals surface area contributed by atoms with Gasteiger partial charge in [0, 0.05) is 0 Å². The lowest BCUT2D eigenvalue weighted by atomic mass is 10.1. The van der Waals surface area contributed by atoms with Crippen molar-refractivity contribution >= 4 is 9.84 Å². The van der Waals surface area contributed by atoms with Crippen molar-refractivity contribution in [3.8, 4) is 0 Å². The molecule has 0 fully saturated rings. The van der Waals surface area contributed by atoms with E-state index in [4.69, 9.17) is 0 Å². The van der Waals surface area contributed by atoms with Gasteiger partial charge in [-0.25, -0.2) is 8.42 Å². The maximum Gasteiger partial charge on any atom is 0.180 e. The van der Waals surface area contributed by atoms with E-state index in [-0.39, 0.29) is 12.6 Å². The van der Waals surface area contributed by atoms with Crippen LogP contribution in [0.25, 0.3) is 0 Å². The van der Waals surface area contributed by atoms with Crippen LogP contribution in [0.1, 0.15) is 32.4 Å². The molecule has 0 aliphatic rings. The summed E-state index contributed by atoms with van der Waals surface area (Å²) >= 11 is 0. The van der Waals surface area contributed by atoms with Gasteiger partial charge in [0.05, 0.1) is 22.8 Å². The van der Waals surface area contributed by atoms with Crippen LogP contribution in [-0.4, -0.2) is 31.9 Å². The molecular weight excluding hydrogens is 250 g/mol. The van der Waals surface area contributed by atoms with Crippen LogP contribution in [0.3, 0.4) is 0 Å². The quantitative estimate of drug-likeness (QED) is 0.823. The predicted molar refractivity (Wildman–Crippen MR) is 72.3 cm³/mol. The third-order valence-electron chi connectivity index (χ3n) is 2.86. The molecule has 0 saturated heterocycles. The molecule has 0 aliphatic heterocycles. The van der Waals surface area contributed by atoms with Gasteiger partial charge in [0.25, 0.3) is 0 Å². The Morgan fingerprint density at radius 1 is 1.22 bits per heavy atom. The molecule has 18 heavy (non-hydrogen) atoms. The van der Waals surface area contributed by atoms with E-state index in [1.165, 1.54) is 0 Å². The molecule has 1 aromatic carbocycles. The molecule has 1 atom stereocenters. The van der Waals surface area contributed by atoms with Crippen LogP contribution in [0.5, 0.6) is 0 Å². The average Bonchev–Trinajstić information content (AvgIpc) is 2.36. The van der Waals surface area contributed by atoms with Gasteiger partial charge in [0.2, 0.25) is 0 Å². The second kappa shape index (κ2) is 6.31. The molecule has 1 rings (SSSR count). The molecule has 1 aromatic rings. The van der Waals surface area contributed by atoms with E-state index in [1.807, 2.05) is 6.92 Å². The Kier molecular flexibility index (Phi) is 5.31. The summed E-state index contributed by atoms with van der Waals surface area (Å²) in [6.07, 6.45) is 0. The number of sulfone groups is 1. The summed E-state index contributed by atoms with van der Waals surface area (Å²) in [6, 6.07) is 6.55. The summed E-state index contributed by atoms with van der Waals surface area (Å²) in [6.45, 7) is 6.03. The van der Waals surface area contributed by atoms with Gasteiger partial charge in [-0.2, -0.15) is 0 Å². The molecule has 1 unspecified atom stereocenters. The van der Waals surface area contributed by atoms with Crippen LogP contribution in [-0.2, 0) is 9.84 Å². The second-order valence-electron chi connectivity index (χ2n) is 4.46. The Morgan fingerprint density at radius 3 is 2.17 bits per heavy atom. The minimum Gasteiger partial charge on any atom is -0.394 e. The van der Waals surface area contributed by atoms with Crippen molar-refractivity contribution in [1.82, 2.24) is 5.32 Å². The zero-order valence-electron chi connectivity index (χ0n) is 11.1. The lowest BCUT2D eigenvalue weighted by molar-refractivity contribution is 0.246. The average molecular weight is 271 g/mol. The number of rotatable bonds is 6. The van der Waals surface area contributed by atoms with Crippen LogP contribution in [0, 0.1) is 0 Å². The minimum atomic E-state index is -3.22. The molecule has 0 aliphatic carbocycles. The Morgan fingerprint density at radius 2 is 1.78 bits per heavy atom. The van der Waals surface area contributed by atoms with Crippen LogP contribution in [0.4, 0.5) is 0 Å². The lowest BCUT2D eigenvalue weighted by Crippen LogP contribution is -2.24. The minimum absolute atomic E-state index is 0.00980. The number of hydrogen-bond acceptors (Lipinski definition) is 4. The van der Waals surface area contributed by atoms with Crippen LogP contribution >= 0.6 is 0 Å². The summed E-state index contributed by atoms with van der Waals surface area (Å²) in [5.74, 6) is 0. The molecule has 0 aromatic heterocycles. The van der Waals surface area contributed by atoms with Gasteiger partial charge < -0.3 is 10.4 Å². The molecule has 0 spiro atoms. The first-order chi connectivity index (χ1) is 8.43. The maximum absolute atomic E-state index is 11.9. The number of benzene rings is 1. The third-order valence-corrected chi connectivity index (χ3v) is 5.04. The zero-order chi connectivity index (χ0) is 13.8. The number of hydrogen-bond donors (Lipinski definition) is 2. The van der Waals surface area contributed by atoms with E-state index >= 15 is 0 Å². The van der Waals surface area contributed by atoms with Crippen LogP contribution in [0.15, 0.2) is 29.2 Å². The van der Waals surface area contributed by atoms with Gasteiger partial charge in [0.1, 0.15) is 0 Å². The van der Waals surface area contributed by atoms with E-state index < -0.39 is 15.1 Å². The summed E-state index contributed by atoms with van der Waals surface area (Å²) < 4.78 is 23.9. The fraction of sp³-hybridized carbons (Fsp3) is 0.538. The molecule has 2 N–H and O–H groups in total. The molecule has 0 bridgehead atoms. The van der Waals surface area contributed by atoms with E-state index in [9.17, 15) is 13.5 Å². The van der Waals surface area contributed by atoms with Crippen LogP contribution < -0.4 is 5.32 Å². The SMILES string of the molecule is CCNC(CO)c1ccc(S(=O)(=O)C(C)C)cc1. The maximum atomic E-state index is 11.9. The molecule has 0 radical (unpaired) electrons. The molecule has 0 saturated carbocycles. The summed E-state index contributed by atoms with van der Waals surface area (Å²) in [5, 5.41) is 12.0. The van der Waals surface area contributed by atoms with E-state index in [1.54, 1.807) is 38.1 Å². The van der Waals surface area contributed by atoms with Crippen molar-refractivity contribution < 1.29 is 13.5 Å². The monoisotopic (exact) mass is 271 g/mol. The third kappa shape index (κ3) is 3.31. The largest absolute Gasteiger partial charge is 0.394 e. The van der Waals surface area contributed by atoms with E-state index in [0.29, 0.717) is 4.90 Å². The van der Waals surface area contributed by atoms with Crippen molar-refractivity contribution in [2.45, 2.75) is 37.0 Å². The molecular formula is C13H21NO3S. The smallest absolute Gasteiger partial charge is 0.180 e. The molecule has 5 heteroatoms. The van der Waals surface area contributed by atoms with Gasteiger partial charge in [-0.15, -0.1) is 0 Å². The Balaban J connectivity index is 2.99. The van der Waals surface area contributed by atoms with Crippen molar-refractivity contribution in [3.63, 3.8) is 0 Å². The van der Waals surface area contributed by atoms with Gasteiger partial charge in [-0.05, 0) is 38.1 Å². The number of aliphatic hydroxyl groups is 1. The van der Waals surface area contributed by atoms with Crippen molar-refractivity contribution in [2.24, 2.45) is 0 Å². The first-order valence-electron chi connectivity index (χ1n) is 6.11. The van der Waals surface area contributed by atoms with E-state index in [2.05, 4.69) is 5.32 Å². The predicted octanol–water partition coefficient (Wildman–Crippen LogP) is 1.51. The van der Waals surface area contributed by atoms with Crippen molar-refractivity contribution in [3.05, 3.63) is 29.8 Å². The number of likely N-dealkylation sites (N-methyl/N-ethyl adjacent to an activating group) is 1. The zero-order valence-corrected chi connectivity index (χ0v) is 11.9. The molecule has 0 amide bonds. The molecule has 0 heterocycles. The Bertz CT molecular complexity index is 466. The van der Waals surface area contributed by atoms with Gasteiger partial charge in [-0.3, -0.25) is 0 Å². The Hall–Kier alpha value is -0.910. The van der Waals surface area contributed by atoms with Crippen molar-refractivity contribution in [1.29, 1.82) is 0 Å².